The van der Waals surface area contributed by atoms with Gasteiger partial charge in [-0.1, -0.05) is 6.92 Å². The van der Waals surface area contributed by atoms with Gasteiger partial charge in [0, 0.05) is 16.7 Å². The Bertz CT molecular complexity index is 681. The summed E-state index contributed by atoms with van der Waals surface area (Å²) >= 11 is 0. The van der Waals surface area contributed by atoms with E-state index in [1.807, 2.05) is 6.07 Å². The summed E-state index contributed by atoms with van der Waals surface area (Å²) in [6.45, 7) is 3.11. The summed E-state index contributed by atoms with van der Waals surface area (Å²) in [5, 5.41) is 19.8. The van der Waals surface area contributed by atoms with Crippen LogP contribution in [-0.2, 0) is 9.05 Å². The second-order valence-corrected chi connectivity index (χ2v) is 6.46. The lowest BCUT2D eigenvalue weighted by Crippen LogP contribution is -2.13. The van der Waals surface area contributed by atoms with E-state index in [0.717, 1.165) is 6.07 Å². The van der Waals surface area contributed by atoms with Crippen LogP contribution in [0.4, 0.5) is 5.69 Å². The molecule has 0 saturated heterocycles. The number of nitriles is 1. The molecule has 0 aliphatic heterocycles. The Hall–Kier alpha value is -1.85. The highest BCUT2D eigenvalue weighted by atomic mass is 35.7. The molecule has 1 aromatic rings. The van der Waals surface area contributed by atoms with Crippen molar-refractivity contribution in [3.05, 3.63) is 27.8 Å². The van der Waals surface area contributed by atoms with Crippen LogP contribution >= 0.6 is 10.7 Å². The van der Waals surface area contributed by atoms with Gasteiger partial charge in [0.2, 0.25) is 0 Å². The summed E-state index contributed by atoms with van der Waals surface area (Å²) in [4.78, 5) is 9.83. The van der Waals surface area contributed by atoms with Crippen molar-refractivity contribution in [1.29, 1.82) is 5.26 Å². The van der Waals surface area contributed by atoms with Gasteiger partial charge >= 0.3 is 5.69 Å². The lowest BCUT2D eigenvalue weighted by Gasteiger charge is -2.12. The predicted octanol–water partition coefficient (Wildman–Crippen LogP) is 2.51. The van der Waals surface area contributed by atoms with Crippen LogP contribution in [0.15, 0.2) is 17.0 Å². The van der Waals surface area contributed by atoms with Crippen molar-refractivity contribution in [2.45, 2.75) is 31.3 Å². The molecule has 20 heavy (non-hydrogen) atoms. The maximum absolute atomic E-state index is 11.3. The van der Waals surface area contributed by atoms with Gasteiger partial charge in [-0.2, -0.15) is 5.26 Å². The third-order valence-corrected chi connectivity index (χ3v) is 3.96. The Balaban J connectivity index is 3.44. The van der Waals surface area contributed by atoms with Gasteiger partial charge in [0.05, 0.1) is 9.82 Å². The Morgan fingerprint density at radius 3 is 2.55 bits per heavy atom. The number of hydrogen-bond donors (Lipinski definition) is 0. The molecule has 7 nitrogen and oxygen atoms in total. The molecule has 0 N–H and O–H groups in total. The highest BCUT2D eigenvalue weighted by Gasteiger charge is 2.25. The zero-order valence-electron chi connectivity index (χ0n) is 10.7. The first-order valence-electron chi connectivity index (χ1n) is 5.50. The number of ether oxygens (including phenoxy) is 1. The van der Waals surface area contributed by atoms with Gasteiger partial charge in [0.25, 0.3) is 9.05 Å². The van der Waals surface area contributed by atoms with Crippen molar-refractivity contribution in [2.24, 2.45) is 0 Å². The fourth-order valence-electron chi connectivity index (χ4n) is 1.50. The van der Waals surface area contributed by atoms with E-state index in [4.69, 9.17) is 20.7 Å². The smallest absolute Gasteiger partial charge is 0.312 e. The predicted molar refractivity (Wildman–Crippen MR) is 71.2 cm³/mol. The Kier molecular flexibility index (Phi) is 4.92. The lowest BCUT2D eigenvalue weighted by atomic mass is 10.2. The first kappa shape index (κ1) is 16.2. The second kappa shape index (κ2) is 6.07. The highest BCUT2D eigenvalue weighted by Crippen LogP contribution is 2.34. The van der Waals surface area contributed by atoms with E-state index in [1.54, 1.807) is 6.92 Å². The second-order valence-electron chi connectivity index (χ2n) is 3.92. The van der Waals surface area contributed by atoms with Crippen molar-refractivity contribution in [2.75, 3.05) is 0 Å². The van der Waals surface area contributed by atoms with Crippen molar-refractivity contribution in [3.63, 3.8) is 0 Å². The molecule has 0 saturated carbocycles. The molecule has 0 fully saturated rings. The molecule has 0 amide bonds. The summed E-state index contributed by atoms with van der Waals surface area (Å²) < 4.78 is 27.9. The molecule has 0 heterocycles. The Labute approximate surface area is 120 Å². The molecule has 0 aromatic heterocycles. The van der Waals surface area contributed by atoms with Gasteiger partial charge in [-0.25, -0.2) is 8.42 Å². The number of nitro groups is 1. The van der Waals surface area contributed by atoms with E-state index in [1.165, 1.54) is 13.0 Å². The molecule has 1 atom stereocenters. The molecule has 0 spiro atoms. The normalized spacial score (nSPS) is 12.5. The first-order valence-corrected chi connectivity index (χ1v) is 7.81. The molecule has 1 unspecified atom stereocenters. The largest absolute Gasteiger partial charge is 0.468 e. The Morgan fingerprint density at radius 2 is 2.15 bits per heavy atom. The number of aryl methyl sites for hydroxylation is 1. The van der Waals surface area contributed by atoms with E-state index in [-0.39, 0.29) is 16.2 Å². The number of hydrogen-bond acceptors (Lipinski definition) is 6. The topological polar surface area (TPSA) is 110 Å². The van der Waals surface area contributed by atoms with Gasteiger partial charge in [-0.3, -0.25) is 10.1 Å². The van der Waals surface area contributed by atoms with E-state index < -0.39 is 25.8 Å². The first-order chi connectivity index (χ1) is 9.20. The average molecular weight is 319 g/mol. The minimum Gasteiger partial charge on any atom is -0.468 e. The van der Waals surface area contributed by atoms with Crippen LogP contribution in [0, 0.1) is 28.4 Å². The van der Waals surface area contributed by atoms with Crippen molar-refractivity contribution in [1.82, 2.24) is 0 Å². The van der Waals surface area contributed by atoms with Gasteiger partial charge in [-0.15, -0.1) is 0 Å². The zero-order valence-corrected chi connectivity index (χ0v) is 12.2. The van der Waals surface area contributed by atoms with Crippen LogP contribution < -0.4 is 4.74 Å². The van der Waals surface area contributed by atoms with E-state index in [9.17, 15) is 18.5 Å². The number of nitrogens with zero attached hydrogens (tertiary/aromatic N) is 2. The summed E-state index contributed by atoms with van der Waals surface area (Å²) in [6.07, 6.45) is -0.519. The molecular weight excluding hydrogens is 308 g/mol. The molecular formula is C11H11ClN2O5S. The zero-order chi connectivity index (χ0) is 15.5. The van der Waals surface area contributed by atoms with Crippen molar-refractivity contribution >= 4 is 25.4 Å². The summed E-state index contributed by atoms with van der Waals surface area (Å²) in [6, 6.07) is 3.86. The number of rotatable bonds is 5. The van der Waals surface area contributed by atoms with Crippen LogP contribution in [-0.4, -0.2) is 19.4 Å². The quantitative estimate of drug-likeness (QED) is 0.468. The fourth-order valence-corrected chi connectivity index (χ4v) is 2.70. The van der Waals surface area contributed by atoms with Gasteiger partial charge in [0.1, 0.15) is 6.07 Å². The fraction of sp³-hybridized carbons (Fsp3) is 0.364. The SMILES string of the molecule is CCC(C#N)Oc1cc(C)c(S(=O)(=O)Cl)cc1[N+](=O)[O-]. The number of halogens is 1. The molecule has 108 valence electrons. The van der Waals surface area contributed by atoms with Crippen molar-refractivity contribution in [3.8, 4) is 11.8 Å². The van der Waals surface area contributed by atoms with Gasteiger partial charge in [-0.05, 0) is 25.0 Å². The van der Waals surface area contributed by atoms with Crippen LogP contribution in [0.1, 0.15) is 18.9 Å². The standard InChI is InChI=1S/C11H11ClN2O5S/c1-3-8(6-13)19-10-4-7(2)11(20(12,17)18)5-9(10)14(15)16/h4-5,8H,3H2,1-2H3. The minimum atomic E-state index is -4.10. The maximum atomic E-state index is 11.3. The number of nitro benzene ring substituents is 1. The van der Waals surface area contributed by atoms with Crippen LogP contribution in [0.3, 0.4) is 0 Å². The molecule has 0 aliphatic rings. The van der Waals surface area contributed by atoms with E-state index >= 15 is 0 Å². The molecule has 9 heteroatoms. The third kappa shape index (κ3) is 3.59. The molecule has 0 bridgehead atoms. The average Bonchev–Trinajstić information content (AvgIpc) is 2.33. The van der Waals surface area contributed by atoms with E-state index in [2.05, 4.69) is 0 Å². The monoisotopic (exact) mass is 318 g/mol. The van der Waals surface area contributed by atoms with Gasteiger partial charge < -0.3 is 4.74 Å². The Morgan fingerprint density at radius 1 is 1.55 bits per heavy atom. The van der Waals surface area contributed by atoms with Crippen LogP contribution in [0.2, 0.25) is 0 Å². The summed E-state index contributed by atoms with van der Waals surface area (Å²) in [5.41, 5.74) is -0.350. The van der Waals surface area contributed by atoms with Gasteiger partial charge in [0.15, 0.2) is 11.9 Å². The number of benzene rings is 1. The summed E-state index contributed by atoms with van der Waals surface area (Å²) in [7, 11) is 1.11. The highest BCUT2D eigenvalue weighted by molar-refractivity contribution is 8.13. The van der Waals surface area contributed by atoms with E-state index in [0.29, 0.717) is 6.42 Å². The minimum absolute atomic E-state index is 0.162. The molecule has 0 aliphatic carbocycles. The molecule has 0 radical (unpaired) electrons. The van der Waals surface area contributed by atoms with Crippen molar-refractivity contribution < 1.29 is 18.1 Å². The third-order valence-electron chi connectivity index (χ3n) is 2.50. The maximum Gasteiger partial charge on any atom is 0.312 e. The summed E-state index contributed by atoms with van der Waals surface area (Å²) in [5.74, 6) is -0.162. The van der Waals surface area contributed by atoms with Crippen LogP contribution in [0.25, 0.3) is 0 Å². The lowest BCUT2D eigenvalue weighted by molar-refractivity contribution is -0.386. The molecule has 1 rings (SSSR count). The van der Waals surface area contributed by atoms with Crippen LogP contribution in [0.5, 0.6) is 5.75 Å². The molecule has 1 aromatic carbocycles.